The fourth-order valence-corrected chi connectivity index (χ4v) is 3.06. The van der Waals surface area contributed by atoms with E-state index in [0.717, 1.165) is 6.29 Å². The average molecular weight is 335 g/mol. The van der Waals surface area contributed by atoms with E-state index in [1.807, 2.05) is 13.8 Å². The molecule has 1 heterocycles. The van der Waals surface area contributed by atoms with Crippen LogP contribution in [0, 0.1) is 5.82 Å². The smallest absolute Gasteiger partial charge is 0.146 e. The predicted molar refractivity (Wildman–Crippen MR) is 89.0 cm³/mol. The summed E-state index contributed by atoms with van der Waals surface area (Å²) in [5, 5.41) is 0.220. The molecule has 2 aromatic rings. The van der Waals surface area contributed by atoms with E-state index in [1.54, 1.807) is 29.2 Å². The molecular formula is C17H16ClFN2O2. The molecule has 0 saturated heterocycles. The molecule has 4 nitrogen and oxygen atoms in total. The molecule has 2 aromatic carbocycles. The Bertz CT molecular complexity index is 779. The number of ether oxygens (including phenoxy) is 1. The van der Waals surface area contributed by atoms with Gasteiger partial charge in [-0.05, 0) is 44.2 Å². The Kier molecular flexibility index (Phi) is 3.68. The highest BCUT2D eigenvalue weighted by Crippen LogP contribution is 2.46. The number of anilines is 3. The zero-order valence-electron chi connectivity index (χ0n) is 12.7. The summed E-state index contributed by atoms with van der Waals surface area (Å²) in [6.45, 7) is 3.62. The lowest BCUT2D eigenvalue weighted by Gasteiger charge is -2.45. The molecule has 0 amide bonds. The van der Waals surface area contributed by atoms with Gasteiger partial charge in [0, 0.05) is 11.8 Å². The minimum absolute atomic E-state index is 0.220. The van der Waals surface area contributed by atoms with E-state index in [9.17, 15) is 9.18 Å². The van der Waals surface area contributed by atoms with Crippen LogP contribution in [0.2, 0.25) is 5.02 Å². The molecule has 0 aromatic heterocycles. The summed E-state index contributed by atoms with van der Waals surface area (Å²) in [4.78, 5) is 13.5. The van der Waals surface area contributed by atoms with Crippen LogP contribution in [0.25, 0.3) is 0 Å². The standard InChI is InChI=1S/C17H16ClFN2O2/c1-17(2)16(9-22)21(13-5-3-10(19)7-12(13)18)14-6-4-11(20)8-15(14)23-17/h3-9,16H,20H2,1-2H3. The summed E-state index contributed by atoms with van der Waals surface area (Å²) in [5.41, 5.74) is 6.76. The van der Waals surface area contributed by atoms with Gasteiger partial charge in [-0.1, -0.05) is 11.6 Å². The van der Waals surface area contributed by atoms with Gasteiger partial charge in [0.2, 0.25) is 0 Å². The number of benzene rings is 2. The van der Waals surface area contributed by atoms with Gasteiger partial charge in [0.05, 0.1) is 16.4 Å². The number of nitrogens with two attached hydrogens (primary N) is 1. The first-order valence-corrected chi connectivity index (χ1v) is 7.49. The molecular weight excluding hydrogens is 319 g/mol. The zero-order chi connectivity index (χ0) is 16.8. The lowest BCUT2D eigenvalue weighted by Crippen LogP contribution is -2.55. The molecule has 120 valence electrons. The lowest BCUT2D eigenvalue weighted by atomic mass is 9.94. The van der Waals surface area contributed by atoms with Gasteiger partial charge >= 0.3 is 0 Å². The van der Waals surface area contributed by atoms with Crippen molar-refractivity contribution >= 4 is 34.9 Å². The third-order valence-corrected chi connectivity index (χ3v) is 4.21. The molecule has 3 rings (SSSR count). The molecule has 1 atom stereocenters. The first-order chi connectivity index (χ1) is 10.8. The largest absolute Gasteiger partial charge is 0.483 e. The molecule has 1 unspecified atom stereocenters. The molecule has 0 fully saturated rings. The van der Waals surface area contributed by atoms with E-state index in [4.69, 9.17) is 22.1 Å². The number of nitrogen functional groups attached to an aromatic ring is 1. The van der Waals surface area contributed by atoms with Crippen LogP contribution in [0.1, 0.15) is 13.8 Å². The van der Waals surface area contributed by atoms with E-state index >= 15 is 0 Å². The van der Waals surface area contributed by atoms with Crippen LogP contribution in [0.5, 0.6) is 5.75 Å². The van der Waals surface area contributed by atoms with Crippen LogP contribution in [-0.2, 0) is 4.79 Å². The van der Waals surface area contributed by atoms with Crippen molar-refractivity contribution in [1.82, 2.24) is 0 Å². The molecule has 0 bridgehead atoms. The number of rotatable bonds is 2. The van der Waals surface area contributed by atoms with E-state index in [-0.39, 0.29) is 5.02 Å². The molecule has 0 radical (unpaired) electrons. The Balaban J connectivity index is 2.25. The maximum Gasteiger partial charge on any atom is 0.146 e. The van der Waals surface area contributed by atoms with E-state index in [2.05, 4.69) is 0 Å². The van der Waals surface area contributed by atoms with Crippen LogP contribution in [-0.4, -0.2) is 17.9 Å². The molecule has 0 saturated carbocycles. The van der Waals surface area contributed by atoms with Crippen molar-refractivity contribution in [2.24, 2.45) is 0 Å². The molecule has 1 aliphatic heterocycles. The van der Waals surface area contributed by atoms with Crippen LogP contribution in [0.4, 0.5) is 21.5 Å². The first kappa shape index (κ1) is 15.6. The van der Waals surface area contributed by atoms with Crippen LogP contribution < -0.4 is 15.4 Å². The topological polar surface area (TPSA) is 55.6 Å². The lowest BCUT2D eigenvalue weighted by molar-refractivity contribution is -0.112. The summed E-state index contributed by atoms with van der Waals surface area (Å²) in [7, 11) is 0. The first-order valence-electron chi connectivity index (χ1n) is 7.11. The summed E-state index contributed by atoms with van der Waals surface area (Å²) in [6, 6.07) is 8.63. The highest BCUT2D eigenvalue weighted by atomic mass is 35.5. The Morgan fingerprint density at radius 3 is 2.61 bits per heavy atom. The van der Waals surface area contributed by atoms with Crippen molar-refractivity contribution in [3.05, 3.63) is 47.2 Å². The molecule has 0 aliphatic carbocycles. The molecule has 1 aliphatic rings. The summed E-state index contributed by atoms with van der Waals surface area (Å²) >= 11 is 6.21. The van der Waals surface area contributed by atoms with Crippen molar-refractivity contribution in [3.8, 4) is 5.75 Å². The quantitative estimate of drug-likeness (QED) is 0.667. The Morgan fingerprint density at radius 2 is 1.96 bits per heavy atom. The normalized spacial score (nSPS) is 19.0. The van der Waals surface area contributed by atoms with Crippen LogP contribution in [0.15, 0.2) is 36.4 Å². The Labute approximate surface area is 138 Å². The van der Waals surface area contributed by atoms with Crippen molar-refractivity contribution < 1.29 is 13.9 Å². The molecule has 2 N–H and O–H groups in total. The van der Waals surface area contributed by atoms with Gasteiger partial charge in [-0.3, -0.25) is 0 Å². The number of carbonyl (C=O) groups is 1. The van der Waals surface area contributed by atoms with Gasteiger partial charge in [-0.2, -0.15) is 0 Å². The maximum atomic E-state index is 13.4. The van der Waals surface area contributed by atoms with Gasteiger partial charge in [0.15, 0.2) is 0 Å². The minimum atomic E-state index is -0.805. The SMILES string of the molecule is CC1(C)Oc2cc(N)ccc2N(c2ccc(F)cc2Cl)C1C=O. The van der Waals surface area contributed by atoms with Crippen molar-refractivity contribution in [1.29, 1.82) is 0 Å². The third kappa shape index (κ3) is 2.61. The maximum absolute atomic E-state index is 13.4. The summed E-state index contributed by atoms with van der Waals surface area (Å²) < 4.78 is 19.3. The van der Waals surface area contributed by atoms with Crippen LogP contribution in [0.3, 0.4) is 0 Å². The second-order valence-corrected chi connectivity index (χ2v) is 6.39. The van der Waals surface area contributed by atoms with Gasteiger partial charge in [0.25, 0.3) is 0 Å². The number of aldehydes is 1. The second-order valence-electron chi connectivity index (χ2n) is 5.98. The second kappa shape index (κ2) is 5.42. The Morgan fingerprint density at radius 1 is 1.26 bits per heavy atom. The number of fused-ring (bicyclic) bond motifs is 1. The summed E-state index contributed by atoms with van der Waals surface area (Å²) in [6.07, 6.45) is 0.805. The molecule has 6 heteroatoms. The summed E-state index contributed by atoms with van der Waals surface area (Å²) in [5.74, 6) is 0.111. The third-order valence-electron chi connectivity index (χ3n) is 3.91. The fourth-order valence-electron chi connectivity index (χ4n) is 2.80. The van der Waals surface area contributed by atoms with Crippen molar-refractivity contribution in [2.45, 2.75) is 25.5 Å². The number of hydrogen-bond acceptors (Lipinski definition) is 4. The highest BCUT2D eigenvalue weighted by molar-refractivity contribution is 6.33. The minimum Gasteiger partial charge on any atom is -0.483 e. The van der Waals surface area contributed by atoms with E-state index < -0.39 is 17.5 Å². The predicted octanol–water partition coefficient (Wildman–Crippen LogP) is 3.94. The van der Waals surface area contributed by atoms with E-state index in [1.165, 1.54) is 12.1 Å². The van der Waals surface area contributed by atoms with Crippen molar-refractivity contribution in [2.75, 3.05) is 10.6 Å². The number of nitrogens with zero attached hydrogens (tertiary/aromatic N) is 1. The number of carbonyl (C=O) groups excluding carboxylic acids is 1. The van der Waals surface area contributed by atoms with E-state index in [0.29, 0.717) is 22.8 Å². The average Bonchev–Trinajstić information content (AvgIpc) is 2.45. The zero-order valence-corrected chi connectivity index (χ0v) is 13.5. The monoisotopic (exact) mass is 334 g/mol. The van der Waals surface area contributed by atoms with Crippen LogP contribution >= 0.6 is 11.6 Å². The molecule has 0 spiro atoms. The van der Waals surface area contributed by atoms with Gasteiger partial charge < -0.3 is 20.2 Å². The number of hydrogen-bond donors (Lipinski definition) is 1. The number of halogens is 2. The van der Waals surface area contributed by atoms with Gasteiger partial charge in [-0.15, -0.1) is 0 Å². The highest BCUT2D eigenvalue weighted by Gasteiger charge is 2.43. The molecule has 23 heavy (non-hydrogen) atoms. The Hall–Kier alpha value is -2.27. The van der Waals surface area contributed by atoms with Crippen molar-refractivity contribution in [3.63, 3.8) is 0 Å². The fraction of sp³-hybridized carbons (Fsp3) is 0.235. The van der Waals surface area contributed by atoms with Gasteiger partial charge in [0.1, 0.15) is 29.5 Å². The van der Waals surface area contributed by atoms with Gasteiger partial charge in [-0.25, -0.2) is 4.39 Å².